The van der Waals surface area contributed by atoms with Crippen LogP contribution in [0.5, 0.6) is 0 Å². The molecule has 1 nitrogen and oxygen atoms in total. The number of pyridine rings is 1. The first kappa shape index (κ1) is 9.40. The van der Waals surface area contributed by atoms with E-state index < -0.39 is 0 Å². The van der Waals surface area contributed by atoms with Crippen LogP contribution in [-0.4, -0.2) is 4.98 Å². The van der Waals surface area contributed by atoms with Gasteiger partial charge in [0.2, 0.25) is 0 Å². The van der Waals surface area contributed by atoms with Crippen LogP contribution in [0.2, 0.25) is 0 Å². The van der Waals surface area contributed by atoms with Crippen LogP contribution < -0.4 is 0 Å². The molecule has 0 aliphatic rings. The number of rotatable bonds is 1. The summed E-state index contributed by atoms with van der Waals surface area (Å²) in [7, 11) is 0. The van der Waals surface area contributed by atoms with Crippen molar-refractivity contribution in [3.05, 3.63) is 39.7 Å². The molecule has 0 radical (unpaired) electrons. The van der Waals surface area contributed by atoms with E-state index in [2.05, 4.69) is 67.8 Å². The number of alkyl halides is 1. The molecule has 0 aliphatic heterocycles. The molecule has 0 saturated heterocycles. The van der Waals surface area contributed by atoms with Crippen molar-refractivity contribution in [2.45, 2.75) is 5.33 Å². The maximum absolute atomic E-state index is 4.46. The zero-order valence-electron chi connectivity index (χ0n) is 6.80. The Morgan fingerprint density at radius 1 is 1.31 bits per heavy atom. The Hall–Kier alpha value is -0.160. The Bertz CT molecular complexity index is 442. The molecular formula is C10H7BrIN. The zero-order chi connectivity index (χ0) is 9.26. The standard InChI is InChI=1S/C10H7BrIN/c11-6-9-8-4-2-1-3-7(8)5-10(12)13-9/h1-5H,6H2. The van der Waals surface area contributed by atoms with Gasteiger partial charge in [-0.25, -0.2) is 4.98 Å². The highest BCUT2D eigenvalue weighted by molar-refractivity contribution is 14.1. The molecule has 2 rings (SSSR count). The van der Waals surface area contributed by atoms with E-state index in [1.165, 1.54) is 10.8 Å². The molecule has 66 valence electrons. The zero-order valence-corrected chi connectivity index (χ0v) is 10.5. The first-order valence-corrected chi connectivity index (χ1v) is 6.11. The van der Waals surface area contributed by atoms with Gasteiger partial charge in [0.1, 0.15) is 3.70 Å². The third kappa shape index (κ3) is 1.86. The molecule has 1 aromatic carbocycles. The maximum Gasteiger partial charge on any atom is 0.102 e. The summed E-state index contributed by atoms with van der Waals surface area (Å²) in [4.78, 5) is 4.46. The van der Waals surface area contributed by atoms with Gasteiger partial charge in [0, 0.05) is 10.7 Å². The van der Waals surface area contributed by atoms with Crippen LogP contribution >= 0.6 is 38.5 Å². The highest BCUT2D eigenvalue weighted by Gasteiger charge is 2.01. The Kier molecular flexibility index (Phi) is 2.83. The van der Waals surface area contributed by atoms with Crippen molar-refractivity contribution in [3.8, 4) is 0 Å². The first-order chi connectivity index (χ1) is 6.31. The predicted octanol–water partition coefficient (Wildman–Crippen LogP) is 3.73. The molecule has 0 aliphatic carbocycles. The molecule has 0 spiro atoms. The lowest BCUT2D eigenvalue weighted by Crippen LogP contribution is -1.90. The molecule has 2 aromatic rings. The molecule has 1 aromatic heterocycles. The molecule has 1 heterocycles. The quantitative estimate of drug-likeness (QED) is 0.435. The van der Waals surface area contributed by atoms with Gasteiger partial charge in [-0.1, -0.05) is 40.2 Å². The van der Waals surface area contributed by atoms with Crippen LogP contribution in [0.4, 0.5) is 0 Å². The minimum atomic E-state index is 0.810. The summed E-state index contributed by atoms with van der Waals surface area (Å²) in [6, 6.07) is 10.4. The second kappa shape index (κ2) is 3.92. The molecule has 0 bridgehead atoms. The second-order valence-electron chi connectivity index (χ2n) is 2.75. The van der Waals surface area contributed by atoms with Crippen molar-refractivity contribution in [2.75, 3.05) is 0 Å². The summed E-state index contributed by atoms with van der Waals surface area (Å²) >= 11 is 5.69. The Morgan fingerprint density at radius 3 is 2.85 bits per heavy atom. The van der Waals surface area contributed by atoms with E-state index in [0.29, 0.717) is 0 Å². The van der Waals surface area contributed by atoms with Gasteiger partial charge in [-0.05, 0) is 34.0 Å². The molecule has 0 fully saturated rings. The summed E-state index contributed by atoms with van der Waals surface area (Å²) in [6.45, 7) is 0. The smallest absolute Gasteiger partial charge is 0.102 e. The molecule has 0 unspecified atom stereocenters. The van der Waals surface area contributed by atoms with Gasteiger partial charge < -0.3 is 0 Å². The molecule has 0 amide bonds. The van der Waals surface area contributed by atoms with Crippen molar-refractivity contribution in [3.63, 3.8) is 0 Å². The fourth-order valence-electron chi connectivity index (χ4n) is 1.34. The van der Waals surface area contributed by atoms with Gasteiger partial charge >= 0.3 is 0 Å². The number of fused-ring (bicyclic) bond motifs is 1. The fraction of sp³-hybridized carbons (Fsp3) is 0.100. The summed E-state index contributed by atoms with van der Waals surface area (Å²) in [5, 5.41) is 3.31. The van der Waals surface area contributed by atoms with Crippen molar-refractivity contribution >= 4 is 49.3 Å². The van der Waals surface area contributed by atoms with Crippen LogP contribution in [0.3, 0.4) is 0 Å². The van der Waals surface area contributed by atoms with Crippen molar-refractivity contribution in [2.24, 2.45) is 0 Å². The molecule has 0 atom stereocenters. The average molecular weight is 348 g/mol. The van der Waals surface area contributed by atoms with Crippen molar-refractivity contribution < 1.29 is 0 Å². The van der Waals surface area contributed by atoms with E-state index in [1.807, 2.05) is 6.07 Å². The van der Waals surface area contributed by atoms with E-state index in [1.54, 1.807) is 0 Å². The van der Waals surface area contributed by atoms with Crippen molar-refractivity contribution in [1.82, 2.24) is 4.98 Å². The van der Waals surface area contributed by atoms with Crippen LogP contribution in [0.25, 0.3) is 10.8 Å². The fourth-order valence-corrected chi connectivity index (χ4v) is 2.39. The van der Waals surface area contributed by atoms with Gasteiger partial charge in [-0.3, -0.25) is 0 Å². The Morgan fingerprint density at radius 2 is 2.08 bits per heavy atom. The average Bonchev–Trinajstić information content (AvgIpc) is 2.16. The van der Waals surface area contributed by atoms with Gasteiger partial charge in [0.05, 0.1) is 5.69 Å². The van der Waals surface area contributed by atoms with Gasteiger partial charge in [-0.2, -0.15) is 0 Å². The lowest BCUT2D eigenvalue weighted by molar-refractivity contribution is 1.18. The minimum absolute atomic E-state index is 0.810. The largest absolute Gasteiger partial charge is 0.245 e. The number of nitrogens with zero attached hydrogens (tertiary/aromatic N) is 1. The number of benzene rings is 1. The maximum atomic E-state index is 4.46. The summed E-state index contributed by atoms with van der Waals surface area (Å²) in [5.41, 5.74) is 1.11. The lowest BCUT2D eigenvalue weighted by Gasteiger charge is -2.03. The number of aromatic nitrogens is 1. The topological polar surface area (TPSA) is 12.9 Å². The van der Waals surface area contributed by atoms with Crippen LogP contribution in [0, 0.1) is 3.70 Å². The van der Waals surface area contributed by atoms with E-state index in [4.69, 9.17) is 0 Å². The normalized spacial score (nSPS) is 10.6. The summed E-state index contributed by atoms with van der Waals surface area (Å²) in [6.07, 6.45) is 0. The van der Waals surface area contributed by atoms with Gasteiger partial charge in [0.25, 0.3) is 0 Å². The second-order valence-corrected chi connectivity index (χ2v) is 4.41. The Labute approximate surface area is 98.8 Å². The SMILES string of the molecule is BrCc1nc(I)cc2ccccc12. The Balaban J connectivity index is 2.81. The number of hydrogen-bond acceptors (Lipinski definition) is 1. The first-order valence-electron chi connectivity index (χ1n) is 3.91. The summed E-state index contributed by atoms with van der Waals surface area (Å²) in [5.74, 6) is 0. The third-order valence-electron chi connectivity index (χ3n) is 1.91. The van der Waals surface area contributed by atoms with Crippen LogP contribution in [0.15, 0.2) is 30.3 Å². The van der Waals surface area contributed by atoms with Gasteiger partial charge in [-0.15, -0.1) is 0 Å². The van der Waals surface area contributed by atoms with E-state index >= 15 is 0 Å². The van der Waals surface area contributed by atoms with Crippen molar-refractivity contribution in [1.29, 1.82) is 0 Å². The van der Waals surface area contributed by atoms with E-state index in [0.717, 1.165) is 14.7 Å². The van der Waals surface area contributed by atoms with E-state index in [-0.39, 0.29) is 0 Å². The number of halogens is 2. The van der Waals surface area contributed by atoms with Crippen LogP contribution in [-0.2, 0) is 5.33 Å². The third-order valence-corrected chi connectivity index (χ3v) is 3.00. The predicted molar refractivity (Wildman–Crippen MR) is 67.1 cm³/mol. The van der Waals surface area contributed by atoms with Crippen LogP contribution in [0.1, 0.15) is 5.69 Å². The number of hydrogen-bond donors (Lipinski definition) is 0. The molecule has 3 heteroatoms. The molecular weight excluding hydrogens is 341 g/mol. The monoisotopic (exact) mass is 347 g/mol. The molecule has 0 saturated carbocycles. The summed E-state index contributed by atoms with van der Waals surface area (Å²) < 4.78 is 1.05. The lowest BCUT2D eigenvalue weighted by atomic mass is 10.1. The molecule has 13 heavy (non-hydrogen) atoms. The highest BCUT2D eigenvalue weighted by atomic mass is 127. The molecule has 0 N–H and O–H groups in total. The van der Waals surface area contributed by atoms with E-state index in [9.17, 15) is 0 Å². The van der Waals surface area contributed by atoms with Gasteiger partial charge in [0.15, 0.2) is 0 Å². The minimum Gasteiger partial charge on any atom is -0.245 e. The highest BCUT2D eigenvalue weighted by Crippen LogP contribution is 2.20.